The van der Waals surface area contributed by atoms with E-state index in [1.54, 1.807) is 0 Å². The highest BCUT2D eigenvalue weighted by atomic mass is 16.4. The SMILES string of the molecule is CCCNc1c(-c2ccccc2)[nH]c2c1c(=O)oc1ccccc12. The Kier molecular flexibility index (Phi) is 3.58. The summed E-state index contributed by atoms with van der Waals surface area (Å²) in [6.07, 6.45) is 0.972. The average Bonchev–Trinajstić information content (AvgIpc) is 3.01. The number of anilines is 1. The van der Waals surface area contributed by atoms with Crippen LogP contribution in [0.4, 0.5) is 5.69 Å². The van der Waals surface area contributed by atoms with Gasteiger partial charge >= 0.3 is 5.63 Å². The Balaban J connectivity index is 2.10. The first-order chi connectivity index (χ1) is 11.8. The van der Waals surface area contributed by atoms with Crippen LogP contribution in [0.3, 0.4) is 0 Å². The van der Waals surface area contributed by atoms with Crippen molar-refractivity contribution in [2.45, 2.75) is 13.3 Å². The van der Waals surface area contributed by atoms with E-state index in [1.165, 1.54) is 0 Å². The van der Waals surface area contributed by atoms with Crippen molar-refractivity contribution in [2.24, 2.45) is 0 Å². The average molecular weight is 318 g/mol. The lowest BCUT2D eigenvalue weighted by Gasteiger charge is -2.07. The minimum atomic E-state index is -0.319. The molecule has 0 radical (unpaired) electrons. The first-order valence-corrected chi connectivity index (χ1v) is 8.16. The number of benzene rings is 2. The molecule has 0 atom stereocenters. The normalized spacial score (nSPS) is 11.2. The van der Waals surface area contributed by atoms with E-state index in [9.17, 15) is 4.79 Å². The van der Waals surface area contributed by atoms with Gasteiger partial charge in [-0.05, 0) is 18.6 Å². The van der Waals surface area contributed by atoms with Crippen molar-refractivity contribution in [1.82, 2.24) is 4.98 Å². The molecule has 2 aromatic heterocycles. The molecular formula is C20H18N2O2. The van der Waals surface area contributed by atoms with Gasteiger partial charge in [-0.1, -0.05) is 49.4 Å². The monoisotopic (exact) mass is 318 g/mol. The lowest BCUT2D eigenvalue weighted by molar-refractivity contribution is 0.570. The minimum Gasteiger partial charge on any atom is -0.422 e. The van der Waals surface area contributed by atoms with Crippen LogP contribution in [0.5, 0.6) is 0 Å². The van der Waals surface area contributed by atoms with Crippen molar-refractivity contribution in [3.63, 3.8) is 0 Å². The fraction of sp³-hybridized carbons (Fsp3) is 0.150. The summed E-state index contributed by atoms with van der Waals surface area (Å²) in [6.45, 7) is 2.89. The van der Waals surface area contributed by atoms with E-state index in [-0.39, 0.29) is 5.63 Å². The summed E-state index contributed by atoms with van der Waals surface area (Å²) in [7, 11) is 0. The van der Waals surface area contributed by atoms with Gasteiger partial charge in [0.25, 0.3) is 0 Å². The molecule has 0 aliphatic rings. The van der Waals surface area contributed by atoms with Crippen molar-refractivity contribution in [2.75, 3.05) is 11.9 Å². The van der Waals surface area contributed by atoms with E-state index in [2.05, 4.69) is 17.2 Å². The van der Waals surface area contributed by atoms with Gasteiger partial charge in [-0.25, -0.2) is 4.79 Å². The lowest BCUT2D eigenvalue weighted by Crippen LogP contribution is -2.05. The molecule has 0 spiro atoms. The molecule has 4 nitrogen and oxygen atoms in total. The molecule has 0 bridgehead atoms. The summed E-state index contributed by atoms with van der Waals surface area (Å²) in [4.78, 5) is 16.0. The maximum absolute atomic E-state index is 12.6. The lowest BCUT2D eigenvalue weighted by atomic mass is 10.1. The number of hydrogen-bond donors (Lipinski definition) is 2. The molecule has 2 aromatic carbocycles. The minimum absolute atomic E-state index is 0.319. The zero-order chi connectivity index (χ0) is 16.5. The van der Waals surface area contributed by atoms with Crippen LogP contribution in [0.25, 0.3) is 33.1 Å². The van der Waals surface area contributed by atoms with Gasteiger partial charge in [0.1, 0.15) is 11.0 Å². The molecule has 4 aromatic rings. The van der Waals surface area contributed by atoms with E-state index >= 15 is 0 Å². The number of nitrogens with one attached hydrogen (secondary N) is 2. The Hall–Kier alpha value is -3.01. The van der Waals surface area contributed by atoms with Gasteiger partial charge in [0.15, 0.2) is 0 Å². The topological polar surface area (TPSA) is 58.0 Å². The van der Waals surface area contributed by atoms with Gasteiger partial charge in [-0.2, -0.15) is 0 Å². The zero-order valence-corrected chi connectivity index (χ0v) is 13.4. The first kappa shape index (κ1) is 14.6. The highest BCUT2D eigenvalue weighted by Gasteiger charge is 2.19. The van der Waals surface area contributed by atoms with Gasteiger partial charge < -0.3 is 14.7 Å². The molecule has 120 valence electrons. The molecule has 0 aliphatic heterocycles. The summed E-state index contributed by atoms with van der Waals surface area (Å²) < 4.78 is 5.53. The van der Waals surface area contributed by atoms with Crippen LogP contribution in [0, 0.1) is 0 Å². The second kappa shape index (κ2) is 5.89. The molecule has 4 rings (SSSR count). The molecule has 24 heavy (non-hydrogen) atoms. The fourth-order valence-electron chi connectivity index (χ4n) is 3.07. The van der Waals surface area contributed by atoms with E-state index in [1.807, 2.05) is 54.6 Å². The van der Waals surface area contributed by atoms with Crippen LogP contribution in [0.15, 0.2) is 63.8 Å². The summed E-state index contributed by atoms with van der Waals surface area (Å²) in [6, 6.07) is 17.6. The van der Waals surface area contributed by atoms with Gasteiger partial charge in [0.2, 0.25) is 0 Å². The fourth-order valence-corrected chi connectivity index (χ4v) is 3.07. The van der Waals surface area contributed by atoms with Crippen LogP contribution in [-0.4, -0.2) is 11.5 Å². The maximum Gasteiger partial charge on any atom is 0.347 e. The maximum atomic E-state index is 12.6. The summed E-state index contributed by atoms with van der Waals surface area (Å²) >= 11 is 0. The quantitative estimate of drug-likeness (QED) is 0.533. The Labute approximate surface area is 139 Å². The van der Waals surface area contributed by atoms with Crippen molar-refractivity contribution >= 4 is 27.6 Å². The predicted molar refractivity (Wildman–Crippen MR) is 98.6 cm³/mol. The van der Waals surface area contributed by atoms with Gasteiger partial charge in [0, 0.05) is 17.5 Å². The highest BCUT2D eigenvalue weighted by Crippen LogP contribution is 2.36. The highest BCUT2D eigenvalue weighted by molar-refractivity contribution is 6.11. The van der Waals surface area contributed by atoms with E-state index < -0.39 is 0 Å². The number of rotatable bonds is 4. The molecule has 0 unspecified atom stereocenters. The largest absolute Gasteiger partial charge is 0.422 e. The number of aromatic amines is 1. The number of fused-ring (bicyclic) bond motifs is 3. The first-order valence-electron chi connectivity index (χ1n) is 8.16. The van der Waals surface area contributed by atoms with Crippen molar-refractivity contribution < 1.29 is 4.42 Å². The van der Waals surface area contributed by atoms with Crippen LogP contribution < -0.4 is 10.9 Å². The number of aromatic nitrogens is 1. The summed E-state index contributed by atoms with van der Waals surface area (Å²) in [5, 5.41) is 4.89. The van der Waals surface area contributed by atoms with Crippen LogP contribution >= 0.6 is 0 Å². The molecule has 2 heterocycles. The third-order valence-corrected chi connectivity index (χ3v) is 4.18. The Bertz CT molecular complexity index is 1060. The molecular weight excluding hydrogens is 300 g/mol. The summed E-state index contributed by atoms with van der Waals surface area (Å²) in [5.74, 6) is 0. The molecule has 0 aliphatic carbocycles. The number of H-pyrrole nitrogens is 1. The van der Waals surface area contributed by atoms with Gasteiger partial charge in [-0.15, -0.1) is 0 Å². The molecule has 2 N–H and O–H groups in total. The Morgan fingerprint density at radius 3 is 2.58 bits per heavy atom. The standard InChI is InChI=1S/C20H18N2O2/c1-2-12-21-19-16-18(22-17(19)13-8-4-3-5-9-13)14-10-6-7-11-15(14)24-20(16)23/h3-11,21-22H,2,12H2,1H3. The molecule has 0 fully saturated rings. The van der Waals surface area contributed by atoms with Gasteiger partial charge in [-0.3, -0.25) is 0 Å². The predicted octanol–water partition coefficient (Wildman–Crippen LogP) is 4.76. The Morgan fingerprint density at radius 2 is 1.79 bits per heavy atom. The zero-order valence-electron chi connectivity index (χ0n) is 13.4. The molecule has 4 heteroatoms. The van der Waals surface area contributed by atoms with Crippen molar-refractivity contribution in [3.8, 4) is 11.3 Å². The number of para-hydroxylation sites is 1. The van der Waals surface area contributed by atoms with Crippen LogP contribution in [0.2, 0.25) is 0 Å². The van der Waals surface area contributed by atoms with E-state index in [0.717, 1.165) is 40.8 Å². The summed E-state index contributed by atoms with van der Waals surface area (Å²) in [5.41, 5.74) is 3.87. The molecule has 0 saturated carbocycles. The number of hydrogen-bond acceptors (Lipinski definition) is 3. The van der Waals surface area contributed by atoms with E-state index in [4.69, 9.17) is 4.42 Å². The molecule has 0 amide bonds. The van der Waals surface area contributed by atoms with Crippen LogP contribution in [0.1, 0.15) is 13.3 Å². The van der Waals surface area contributed by atoms with E-state index in [0.29, 0.717) is 11.0 Å². The third kappa shape index (κ3) is 2.27. The molecule has 0 saturated heterocycles. The second-order valence-corrected chi connectivity index (χ2v) is 5.80. The Morgan fingerprint density at radius 1 is 1.04 bits per heavy atom. The third-order valence-electron chi connectivity index (χ3n) is 4.18. The van der Waals surface area contributed by atoms with Crippen LogP contribution in [-0.2, 0) is 0 Å². The van der Waals surface area contributed by atoms with Crippen molar-refractivity contribution in [1.29, 1.82) is 0 Å². The van der Waals surface area contributed by atoms with Crippen molar-refractivity contribution in [3.05, 3.63) is 65.0 Å². The smallest absolute Gasteiger partial charge is 0.347 e. The second-order valence-electron chi connectivity index (χ2n) is 5.80. The van der Waals surface area contributed by atoms with Gasteiger partial charge in [0.05, 0.1) is 16.9 Å².